The van der Waals surface area contributed by atoms with Gasteiger partial charge in [0.1, 0.15) is 34.0 Å². The summed E-state index contributed by atoms with van der Waals surface area (Å²) in [5.41, 5.74) is 11.9. The molecule has 0 aliphatic carbocycles. The Labute approximate surface area is 433 Å². The lowest BCUT2D eigenvalue weighted by molar-refractivity contribution is 0.462. The minimum absolute atomic E-state index is 0.378. The number of nitrogens with zero attached hydrogens (tertiary/aromatic N) is 3. The minimum Gasteiger partial charge on any atom is -0.455 e. The second-order valence-corrected chi connectivity index (χ2v) is 20.5. The first-order valence-corrected chi connectivity index (χ1v) is 25.7. The Balaban J connectivity index is 1.20. The van der Waals surface area contributed by atoms with Crippen LogP contribution in [0.25, 0.3) is 143 Å². The Morgan fingerprint density at radius 3 is 1.14 bits per heavy atom. The van der Waals surface area contributed by atoms with Crippen molar-refractivity contribution in [1.29, 1.82) is 0 Å². The fraction of sp³-hybridized carbons (Fsp3) is 0.0435. The van der Waals surface area contributed by atoms with E-state index in [9.17, 15) is 0 Å². The third kappa shape index (κ3) is 5.71. The van der Waals surface area contributed by atoms with E-state index in [1.165, 1.54) is 12.1 Å². The topological polar surface area (TPSA) is 41.1 Å². The van der Waals surface area contributed by atoms with Crippen LogP contribution in [0.1, 0.15) is 19.4 Å². The van der Waals surface area contributed by atoms with Crippen LogP contribution in [0.2, 0.25) is 0 Å². The summed E-state index contributed by atoms with van der Waals surface area (Å²) in [5.74, 6) is -0.803. The molecular formula is C69H43F2N3O2. The van der Waals surface area contributed by atoms with Crippen molar-refractivity contribution in [3.8, 4) is 33.6 Å². The number of halogens is 2. The molecule has 0 aliphatic heterocycles. The maximum atomic E-state index is 17.5. The lowest BCUT2D eigenvalue weighted by Crippen LogP contribution is -2.31. The average molecular weight is 984 g/mol. The molecule has 7 heteroatoms. The van der Waals surface area contributed by atoms with Gasteiger partial charge in [0.15, 0.2) is 0 Å². The van der Waals surface area contributed by atoms with Gasteiger partial charge in [0.05, 0.1) is 49.8 Å². The molecule has 0 fully saturated rings. The Kier molecular flexibility index (Phi) is 8.80. The Bertz CT molecular complexity index is 4830. The molecule has 360 valence electrons. The summed E-state index contributed by atoms with van der Waals surface area (Å²) in [7, 11) is 0. The summed E-state index contributed by atoms with van der Waals surface area (Å²) in [6.45, 7) is 4.53. The van der Waals surface area contributed by atoms with Crippen molar-refractivity contribution >= 4 is 109 Å². The molecule has 0 N–H and O–H groups in total. The zero-order chi connectivity index (χ0) is 50.6. The van der Waals surface area contributed by atoms with Crippen molar-refractivity contribution in [2.45, 2.75) is 19.4 Å². The van der Waals surface area contributed by atoms with Gasteiger partial charge >= 0.3 is 0 Å². The Hall–Kier alpha value is -9.72. The number of para-hydroxylation sites is 6. The van der Waals surface area contributed by atoms with Crippen LogP contribution in [0.3, 0.4) is 0 Å². The van der Waals surface area contributed by atoms with Crippen LogP contribution in [0.4, 0.5) is 8.78 Å². The van der Waals surface area contributed by atoms with Gasteiger partial charge in [-0.05, 0) is 92.7 Å². The molecule has 0 spiro atoms. The van der Waals surface area contributed by atoms with E-state index in [2.05, 4.69) is 161 Å². The fourth-order valence-electron chi connectivity index (χ4n) is 13.1. The zero-order valence-electron chi connectivity index (χ0n) is 41.3. The molecule has 0 bridgehead atoms. The maximum Gasteiger partial charge on any atom is 0.145 e. The number of benzene rings is 11. The second kappa shape index (κ2) is 15.7. The van der Waals surface area contributed by atoms with Crippen molar-refractivity contribution in [1.82, 2.24) is 13.7 Å². The maximum absolute atomic E-state index is 17.5. The highest BCUT2D eigenvalue weighted by atomic mass is 19.1. The number of rotatable bonds is 6. The summed E-state index contributed by atoms with van der Waals surface area (Å²) in [4.78, 5) is 0. The summed E-state index contributed by atoms with van der Waals surface area (Å²) < 4.78 is 55.9. The van der Waals surface area contributed by atoms with Gasteiger partial charge in [-0.2, -0.15) is 0 Å². The van der Waals surface area contributed by atoms with Crippen LogP contribution >= 0.6 is 0 Å². The van der Waals surface area contributed by atoms with E-state index in [0.717, 1.165) is 126 Å². The molecule has 16 rings (SSSR count). The monoisotopic (exact) mass is 983 g/mol. The molecule has 0 saturated carbocycles. The predicted molar refractivity (Wildman–Crippen MR) is 308 cm³/mol. The van der Waals surface area contributed by atoms with E-state index in [1.807, 2.05) is 66.7 Å². The lowest BCUT2D eigenvalue weighted by Gasteiger charge is -2.37. The fourth-order valence-corrected chi connectivity index (χ4v) is 13.1. The van der Waals surface area contributed by atoms with Crippen LogP contribution in [0.15, 0.2) is 233 Å². The highest BCUT2D eigenvalue weighted by Crippen LogP contribution is 2.53. The number of aromatic nitrogens is 3. The van der Waals surface area contributed by atoms with E-state index < -0.39 is 17.2 Å². The molecule has 0 atom stereocenters. The van der Waals surface area contributed by atoms with Crippen LogP contribution in [-0.4, -0.2) is 13.7 Å². The number of hydrogen-bond acceptors (Lipinski definition) is 2. The molecule has 0 amide bonds. The van der Waals surface area contributed by atoms with Crippen molar-refractivity contribution < 1.29 is 17.6 Å². The quantitative estimate of drug-likeness (QED) is 0.167. The molecule has 16 aromatic rings. The summed E-state index contributed by atoms with van der Waals surface area (Å²) in [6, 6.07) is 75.0. The van der Waals surface area contributed by atoms with Crippen molar-refractivity contribution in [2.24, 2.45) is 0 Å². The van der Waals surface area contributed by atoms with Gasteiger partial charge < -0.3 is 22.5 Å². The first-order chi connectivity index (χ1) is 37.3. The summed E-state index contributed by atoms with van der Waals surface area (Å²) in [5, 5.41) is 10.1. The largest absolute Gasteiger partial charge is 0.455 e. The van der Waals surface area contributed by atoms with E-state index in [4.69, 9.17) is 8.83 Å². The number of hydrogen-bond donors (Lipinski definition) is 0. The lowest BCUT2D eigenvalue weighted by atomic mass is 9.82. The van der Waals surface area contributed by atoms with Gasteiger partial charge in [-0.1, -0.05) is 146 Å². The molecule has 5 nitrogen and oxygen atoms in total. The summed E-state index contributed by atoms with van der Waals surface area (Å²) in [6.07, 6.45) is 0. The summed E-state index contributed by atoms with van der Waals surface area (Å²) >= 11 is 0. The molecule has 5 aromatic heterocycles. The van der Waals surface area contributed by atoms with Crippen molar-refractivity contribution in [3.05, 3.63) is 242 Å². The van der Waals surface area contributed by atoms with Crippen LogP contribution in [-0.2, 0) is 5.54 Å². The van der Waals surface area contributed by atoms with Crippen LogP contribution in [0, 0.1) is 11.6 Å². The molecule has 0 saturated heterocycles. The highest BCUT2D eigenvalue weighted by Gasteiger charge is 2.39. The van der Waals surface area contributed by atoms with Gasteiger partial charge in [-0.3, -0.25) is 0 Å². The number of fused-ring (bicyclic) bond motifs is 17. The van der Waals surface area contributed by atoms with Gasteiger partial charge in [0, 0.05) is 81.9 Å². The van der Waals surface area contributed by atoms with Crippen molar-refractivity contribution in [2.75, 3.05) is 0 Å². The van der Waals surface area contributed by atoms with Gasteiger partial charge in [0.2, 0.25) is 0 Å². The molecule has 0 aliphatic rings. The van der Waals surface area contributed by atoms with E-state index in [0.29, 0.717) is 22.3 Å². The molecule has 11 aromatic carbocycles. The molecule has 5 heterocycles. The third-order valence-electron chi connectivity index (χ3n) is 16.2. The number of furan rings is 2. The van der Waals surface area contributed by atoms with Gasteiger partial charge in [-0.15, -0.1) is 0 Å². The average Bonchev–Trinajstić information content (AvgIpc) is 4.35. The van der Waals surface area contributed by atoms with Crippen LogP contribution < -0.4 is 0 Å². The van der Waals surface area contributed by atoms with Gasteiger partial charge in [-0.25, -0.2) is 8.78 Å². The van der Waals surface area contributed by atoms with Crippen molar-refractivity contribution in [3.63, 3.8) is 0 Å². The smallest absolute Gasteiger partial charge is 0.145 e. The molecule has 76 heavy (non-hydrogen) atoms. The molecular weight excluding hydrogens is 941 g/mol. The predicted octanol–water partition coefficient (Wildman–Crippen LogP) is 19.2. The van der Waals surface area contributed by atoms with E-state index in [1.54, 1.807) is 12.1 Å². The molecule has 0 radical (unpaired) electrons. The molecule has 0 unspecified atom stereocenters. The second-order valence-electron chi connectivity index (χ2n) is 20.5. The minimum atomic E-state index is -1.03. The van der Waals surface area contributed by atoms with E-state index >= 15 is 8.78 Å². The Morgan fingerprint density at radius 2 is 0.697 bits per heavy atom. The highest BCUT2D eigenvalue weighted by molar-refractivity contribution is 6.26. The Morgan fingerprint density at radius 1 is 0.329 bits per heavy atom. The normalized spacial score (nSPS) is 12.5. The first-order valence-electron chi connectivity index (χ1n) is 25.7. The third-order valence-corrected chi connectivity index (χ3v) is 16.2. The standard InChI is InChI=1S/C69H43F2N3O2/c1-69(2,74-56-31-15-5-21-42(56)43-22-6-16-32-57(43)74)64-65(72-54-29-13-7-25-48(54)62-58(72)37-35-46-44-23-9-17-33-60(44)75-67(46)62)50(40-19-3-11-27-52(40)70)39-51(41-20-4-12-28-53(41)71)66(64)73-55-30-14-8-26-49(55)63-59(73)38-36-47-45-24-10-18-34-61(45)76-68(47)63/h3-39H,1-2H3. The van der Waals surface area contributed by atoms with Crippen LogP contribution in [0.5, 0.6) is 0 Å². The van der Waals surface area contributed by atoms with Gasteiger partial charge in [0.25, 0.3) is 0 Å². The zero-order valence-corrected chi connectivity index (χ0v) is 41.3. The first kappa shape index (κ1) is 42.8. The van der Waals surface area contributed by atoms with E-state index in [-0.39, 0.29) is 0 Å². The SMILES string of the molecule is CC(C)(c1c(-n2c3ccccc3c3c4oc5ccccc5c4ccc32)c(-c2ccccc2F)cc(-c2ccccc2F)c1-n1c2ccccc2c2c3oc4ccccc4c3ccc21)n1c2ccccc2c2ccccc21.